The van der Waals surface area contributed by atoms with Crippen molar-refractivity contribution in [2.75, 3.05) is 12.0 Å². The Kier molecular flexibility index (Phi) is 3.00. The van der Waals surface area contributed by atoms with Crippen LogP contribution in [0.3, 0.4) is 0 Å². The monoisotopic (exact) mass is 182 g/mol. The molecule has 0 radical (unpaired) electrons. The Balaban J connectivity index is 3.05. The van der Waals surface area contributed by atoms with Gasteiger partial charge in [0.05, 0.1) is 0 Å². The molecule has 0 bridgehead atoms. The predicted molar refractivity (Wildman–Crippen MR) is 55.2 cm³/mol. The molecule has 1 unspecified atom stereocenters. The predicted octanol–water partition coefficient (Wildman–Crippen LogP) is 2.01. The Hall–Kier alpha value is -0.670. The third kappa shape index (κ3) is 1.93. The third-order valence-corrected chi connectivity index (χ3v) is 2.58. The van der Waals surface area contributed by atoms with Crippen LogP contribution in [0.1, 0.15) is 18.5 Å². The average Bonchev–Trinajstić information content (AvgIpc) is 2.05. The topological polar surface area (TPSA) is 52.0 Å². The zero-order chi connectivity index (χ0) is 9.14. The lowest BCUT2D eigenvalue weighted by molar-refractivity contribution is 0.815. The number of hydrogen-bond acceptors (Lipinski definition) is 3. The zero-order valence-electron chi connectivity index (χ0n) is 7.37. The molecule has 1 aromatic rings. The number of anilines is 1. The van der Waals surface area contributed by atoms with Gasteiger partial charge in [-0.15, -0.1) is 11.8 Å². The number of nitrogens with two attached hydrogens (primary N) is 2. The minimum absolute atomic E-state index is 0.0801. The summed E-state index contributed by atoms with van der Waals surface area (Å²) in [5, 5.41) is 0. The fourth-order valence-electron chi connectivity index (χ4n) is 1.01. The van der Waals surface area contributed by atoms with E-state index in [9.17, 15) is 0 Å². The highest BCUT2D eigenvalue weighted by atomic mass is 32.2. The van der Waals surface area contributed by atoms with E-state index in [2.05, 4.69) is 0 Å². The summed E-state index contributed by atoms with van der Waals surface area (Å²) < 4.78 is 0. The van der Waals surface area contributed by atoms with Gasteiger partial charge in [0.15, 0.2) is 0 Å². The van der Waals surface area contributed by atoms with Crippen molar-refractivity contribution < 1.29 is 0 Å². The van der Waals surface area contributed by atoms with Crippen molar-refractivity contribution in [3.05, 3.63) is 23.8 Å². The van der Waals surface area contributed by atoms with Gasteiger partial charge in [-0.1, -0.05) is 6.07 Å². The molecule has 1 atom stereocenters. The Morgan fingerprint density at radius 1 is 1.42 bits per heavy atom. The van der Waals surface area contributed by atoms with Crippen LogP contribution in [0.15, 0.2) is 23.1 Å². The van der Waals surface area contributed by atoms with E-state index in [-0.39, 0.29) is 6.04 Å². The molecule has 1 aromatic carbocycles. The van der Waals surface area contributed by atoms with Crippen LogP contribution in [0, 0.1) is 0 Å². The first kappa shape index (κ1) is 9.42. The molecule has 2 nitrogen and oxygen atoms in total. The first-order chi connectivity index (χ1) is 5.65. The molecule has 66 valence electrons. The van der Waals surface area contributed by atoms with Crippen LogP contribution in [0.4, 0.5) is 5.69 Å². The summed E-state index contributed by atoms with van der Waals surface area (Å²) in [4.78, 5) is 1.10. The van der Waals surface area contributed by atoms with Crippen molar-refractivity contribution in [2.24, 2.45) is 5.73 Å². The molecule has 0 aliphatic rings. The molecule has 12 heavy (non-hydrogen) atoms. The van der Waals surface area contributed by atoms with Crippen LogP contribution < -0.4 is 11.5 Å². The van der Waals surface area contributed by atoms with Crippen LogP contribution in [0.5, 0.6) is 0 Å². The minimum atomic E-state index is 0.0801. The summed E-state index contributed by atoms with van der Waals surface area (Å²) in [5.41, 5.74) is 13.4. The van der Waals surface area contributed by atoms with Gasteiger partial charge in [-0.2, -0.15) is 0 Å². The fraction of sp³-hybridized carbons (Fsp3) is 0.333. The number of thioether (sulfide) groups is 1. The van der Waals surface area contributed by atoms with Gasteiger partial charge in [-0.3, -0.25) is 0 Å². The average molecular weight is 182 g/mol. The maximum absolute atomic E-state index is 5.74. The second-order valence-electron chi connectivity index (χ2n) is 2.79. The van der Waals surface area contributed by atoms with Gasteiger partial charge < -0.3 is 11.5 Å². The van der Waals surface area contributed by atoms with E-state index in [0.29, 0.717) is 0 Å². The molecule has 0 heterocycles. The second-order valence-corrected chi connectivity index (χ2v) is 3.64. The van der Waals surface area contributed by atoms with Gasteiger partial charge in [-0.25, -0.2) is 0 Å². The number of rotatable bonds is 2. The molecule has 0 saturated heterocycles. The summed E-state index contributed by atoms with van der Waals surface area (Å²) in [6, 6.07) is 6.01. The van der Waals surface area contributed by atoms with E-state index in [4.69, 9.17) is 11.5 Å². The van der Waals surface area contributed by atoms with Gasteiger partial charge in [-0.05, 0) is 30.9 Å². The summed E-state index contributed by atoms with van der Waals surface area (Å²) in [7, 11) is 0. The number of benzene rings is 1. The molecule has 0 fully saturated rings. The highest BCUT2D eigenvalue weighted by molar-refractivity contribution is 7.98. The standard InChI is InChI=1S/C9H14N2S/c1-6(10)7-3-4-8(11)9(5-7)12-2/h3-6H,10-11H2,1-2H3. The van der Waals surface area contributed by atoms with Crippen molar-refractivity contribution in [1.29, 1.82) is 0 Å². The van der Waals surface area contributed by atoms with Gasteiger partial charge >= 0.3 is 0 Å². The lowest BCUT2D eigenvalue weighted by Gasteiger charge is -2.08. The van der Waals surface area contributed by atoms with Crippen molar-refractivity contribution in [2.45, 2.75) is 17.9 Å². The molecule has 4 N–H and O–H groups in total. The quantitative estimate of drug-likeness (QED) is 0.543. The minimum Gasteiger partial charge on any atom is -0.398 e. The zero-order valence-corrected chi connectivity index (χ0v) is 8.19. The lowest BCUT2D eigenvalue weighted by Crippen LogP contribution is -2.05. The molecule has 0 aliphatic heterocycles. The van der Waals surface area contributed by atoms with Crippen molar-refractivity contribution in [3.63, 3.8) is 0 Å². The van der Waals surface area contributed by atoms with Crippen LogP contribution in [0.25, 0.3) is 0 Å². The normalized spacial score (nSPS) is 12.9. The summed E-state index contributed by atoms with van der Waals surface area (Å²) >= 11 is 1.65. The third-order valence-electron chi connectivity index (χ3n) is 1.78. The Labute approximate surface area is 77.3 Å². The van der Waals surface area contributed by atoms with E-state index < -0.39 is 0 Å². The SMILES string of the molecule is CSc1cc(C(C)N)ccc1N. The number of hydrogen-bond donors (Lipinski definition) is 2. The Morgan fingerprint density at radius 2 is 2.08 bits per heavy atom. The van der Waals surface area contributed by atoms with Gasteiger partial charge in [0.2, 0.25) is 0 Å². The molecule has 0 spiro atoms. The largest absolute Gasteiger partial charge is 0.398 e. The maximum atomic E-state index is 5.74. The van der Waals surface area contributed by atoms with Crippen LogP contribution in [0.2, 0.25) is 0 Å². The van der Waals surface area contributed by atoms with E-state index in [1.165, 1.54) is 0 Å². The molecule has 0 aliphatic carbocycles. The summed E-state index contributed by atoms with van der Waals surface area (Å²) in [6.07, 6.45) is 2.01. The van der Waals surface area contributed by atoms with Crippen LogP contribution >= 0.6 is 11.8 Å². The van der Waals surface area contributed by atoms with E-state index in [1.807, 2.05) is 31.4 Å². The maximum Gasteiger partial charge on any atom is 0.0452 e. The number of nitrogen functional groups attached to an aromatic ring is 1. The van der Waals surface area contributed by atoms with Gasteiger partial charge in [0, 0.05) is 16.6 Å². The molecular formula is C9H14N2S. The van der Waals surface area contributed by atoms with Crippen LogP contribution in [-0.4, -0.2) is 6.26 Å². The first-order valence-corrected chi connectivity index (χ1v) is 5.06. The van der Waals surface area contributed by atoms with E-state index in [1.54, 1.807) is 11.8 Å². The molecule has 1 rings (SSSR count). The Bertz CT molecular complexity index is 271. The first-order valence-electron chi connectivity index (χ1n) is 3.84. The highest BCUT2D eigenvalue weighted by Gasteiger charge is 2.02. The smallest absolute Gasteiger partial charge is 0.0452 e. The highest BCUT2D eigenvalue weighted by Crippen LogP contribution is 2.25. The van der Waals surface area contributed by atoms with E-state index >= 15 is 0 Å². The summed E-state index contributed by atoms with van der Waals surface area (Å²) in [6.45, 7) is 1.97. The van der Waals surface area contributed by atoms with Gasteiger partial charge in [0.1, 0.15) is 0 Å². The molecule has 0 saturated carbocycles. The second kappa shape index (κ2) is 3.83. The van der Waals surface area contributed by atoms with Crippen molar-refractivity contribution in [1.82, 2.24) is 0 Å². The molecule has 3 heteroatoms. The molecule has 0 aromatic heterocycles. The van der Waals surface area contributed by atoms with Crippen LogP contribution in [-0.2, 0) is 0 Å². The fourth-order valence-corrected chi connectivity index (χ4v) is 1.57. The van der Waals surface area contributed by atoms with Gasteiger partial charge in [0.25, 0.3) is 0 Å². The van der Waals surface area contributed by atoms with Crippen molar-refractivity contribution >= 4 is 17.4 Å². The summed E-state index contributed by atoms with van der Waals surface area (Å²) in [5.74, 6) is 0. The van der Waals surface area contributed by atoms with E-state index in [0.717, 1.165) is 16.1 Å². The Morgan fingerprint density at radius 3 is 2.58 bits per heavy atom. The molecular weight excluding hydrogens is 168 g/mol. The lowest BCUT2D eigenvalue weighted by atomic mass is 10.1. The van der Waals surface area contributed by atoms with Crippen molar-refractivity contribution in [3.8, 4) is 0 Å². The molecule has 0 amide bonds.